The van der Waals surface area contributed by atoms with E-state index in [2.05, 4.69) is 9.88 Å². The molecule has 1 atom stereocenters. The van der Waals surface area contributed by atoms with Crippen molar-refractivity contribution in [2.45, 2.75) is 11.5 Å². The van der Waals surface area contributed by atoms with E-state index < -0.39 is 16.9 Å². The van der Waals surface area contributed by atoms with Gasteiger partial charge in [0.05, 0.1) is 5.52 Å². The van der Waals surface area contributed by atoms with E-state index in [9.17, 15) is 14.1 Å². The molecule has 32 heavy (non-hydrogen) atoms. The van der Waals surface area contributed by atoms with Gasteiger partial charge in [-0.2, -0.15) is 0 Å². The fourth-order valence-electron chi connectivity index (χ4n) is 3.48. The highest BCUT2D eigenvalue weighted by Gasteiger charge is 2.24. The Morgan fingerprint density at radius 2 is 1.84 bits per heavy atom. The van der Waals surface area contributed by atoms with Crippen molar-refractivity contribution in [2.75, 3.05) is 38.5 Å². The van der Waals surface area contributed by atoms with Crippen molar-refractivity contribution in [1.82, 2.24) is 14.8 Å². The SMILES string of the molecule is O=C(OCc1cc(Cl)cc(Cl)c1)N1CCN(CC[S+]([O-])c2ccc3[nH]c(=O)oc3c2)CC1. The predicted octanol–water partition coefficient (Wildman–Crippen LogP) is 3.49. The largest absolute Gasteiger partial charge is 0.611 e. The van der Waals surface area contributed by atoms with Gasteiger partial charge >= 0.3 is 11.8 Å². The Labute approximate surface area is 197 Å². The lowest BCUT2D eigenvalue weighted by Gasteiger charge is -2.33. The number of hydrogen-bond acceptors (Lipinski definition) is 6. The fraction of sp³-hybridized carbons (Fsp3) is 0.333. The third-order valence-electron chi connectivity index (χ3n) is 5.16. The number of carbonyl (C=O) groups is 1. The number of benzene rings is 2. The topological polar surface area (TPSA) is 102 Å². The summed E-state index contributed by atoms with van der Waals surface area (Å²) in [4.78, 5) is 30.6. The summed E-state index contributed by atoms with van der Waals surface area (Å²) >= 11 is 10.7. The molecule has 3 aromatic rings. The van der Waals surface area contributed by atoms with Crippen molar-refractivity contribution in [3.63, 3.8) is 0 Å². The van der Waals surface area contributed by atoms with Gasteiger partial charge in [0, 0.05) is 48.8 Å². The molecule has 8 nitrogen and oxygen atoms in total. The van der Waals surface area contributed by atoms with Crippen LogP contribution < -0.4 is 5.76 Å². The first-order valence-electron chi connectivity index (χ1n) is 9.98. The molecule has 1 aromatic heterocycles. The second-order valence-corrected chi connectivity index (χ2v) is 9.83. The number of nitrogens with one attached hydrogen (secondary N) is 1. The quantitative estimate of drug-likeness (QED) is 0.523. The van der Waals surface area contributed by atoms with Crippen molar-refractivity contribution in [3.05, 3.63) is 62.6 Å². The second kappa shape index (κ2) is 10.2. The number of aromatic amines is 1. The number of ether oxygens (including phenoxy) is 1. The molecule has 11 heteroatoms. The van der Waals surface area contributed by atoms with Crippen LogP contribution in [0.1, 0.15) is 5.56 Å². The van der Waals surface area contributed by atoms with Gasteiger partial charge in [0.15, 0.2) is 10.5 Å². The van der Waals surface area contributed by atoms with Gasteiger partial charge in [-0.15, -0.1) is 0 Å². The van der Waals surface area contributed by atoms with Crippen LogP contribution in [-0.4, -0.2) is 63.9 Å². The van der Waals surface area contributed by atoms with E-state index in [0.29, 0.717) is 64.5 Å². The van der Waals surface area contributed by atoms with Gasteiger partial charge in [0.1, 0.15) is 12.4 Å². The lowest BCUT2D eigenvalue weighted by Crippen LogP contribution is -2.49. The molecular formula is C21H21Cl2N3O5S. The van der Waals surface area contributed by atoms with Gasteiger partial charge < -0.3 is 18.6 Å². The number of rotatable bonds is 6. The summed E-state index contributed by atoms with van der Waals surface area (Å²) < 4.78 is 23.0. The maximum Gasteiger partial charge on any atom is 0.417 e. The summed E-state index contributed by atoms with van der Waals surface area (Å²) in [5.74, 6) is -0.0872. The average molecular weight is 498 g/mol. The van der Waals surface area contributed by atoms with Gasteiger partial charge in [-0.1, -0.05) is 23.2 Å². The fourth-order valence-corrected chi connectivity index (χ4v) is 5.17. The third-order valence-corrected chi connectivity index (χ3v) is 6.93. The number of hydrogen-bond donors (Lipinski definition) is 1. The molecule has 1 aliphatic heterocycles. The van der Waals surface area contributed by atoms with Crippen LogP contribution in [0.5, 0.6) is 0 Å². The Morgan fingerprint density at radius 3 is 2.56 bits per heavy atom. The van der Waals surface area contributed by atoms with Crippen molar-refractivity contribution in [3.8, 4) is 0 Å². The Bertz CT molecular complexity index is 1140. The smallest absolute Gasteiger partial charge is 0.417 e. The molecule has 1 saturated heterocycles. The van der Waals surface area contributed by atoms with Crippen LogP contribution in [0.15, 0.2) is 50.5 Å². The summed E-state index contributed by atoms with van der Waals surface area (Å²) in [6.07, 6.45) is -0.384. The number of piperazine rings is 1. The van der Waals surface area contributed by atoms with Crippen LogP contribution in [0.4, 0.5) is 4.79 Å². The molecule has 1 aliphatic rings. The van der Waals surface area contributed by atoms with E-state index in [1.807, 2.05) is 0 Å². The Hall–Kier alpha value is -2.17. The first-order chi connectivity index (χ1) is 15.4. The number of amides is 1. The summed E-state index contributed by atoms with van der Waals surface area (Å²) in [6.45, 7) is 3.13. The van der Waals surface area contributed by atoms with Crippen LogP contribution in [-0.2, 0) is 22.5 Å². The zero-order valence-corrected chi connectivity index (χ0v) is 19.3. The molecule has 2 aromatic carbocycles. The van der Waals surface area contributed by atoms with Crippen molar-refractivity contribution in [1.29, 1.82) is 0 Å². The Morgan fingerprint density at radius 1 is 1.12 bits per heavy atom. The molecule has 1 amide bonds. The molecule has 0 radical (unpaired) electrons. The molecule has 170 valence electrons. The Kier molecular flexibility index (Phi) is 7.32. The zero-order chi connectivity index (χ0) is 22.7. The number of oxazole rings is 1. The lowest BCUT2D eigenvalue weighted by molar-refractivity contribution is 0.0730. The summed E-state index contributed by atoms with van der Waals surface area (Å²) in [5, 5.41) is 0.985. The highest BCUT2D eigenvalue weighted by Crippen LogP contribution is 2.20. The van der Waals surface area contributed by atoms with Crippen molar-refractivity contribution < 1.29 is 18.5 Å². The van der Waals surface area contributed by atoms with Gasteiger partial charge in [0.25, 0.3) is 0 Å². The summed E-state index contributed by atoms with van der Waals surface area (Å²) in [5.41, 5.74) is 1.71. The molecule has 4 rings (SSSR count). The second-order valence-electron chi connectivity index (χ2n) is 7.38. The van der Waals surface area contributed by atoms with Gasteiger partial charge in [0.2, 0.25) is 0 Å². The number of nitrogens with zero attached hydrogens (tertiary/aromatic N) is 2. The average Bonchev–Trinajstić information content (AvgIpc) is 3.14. The van der Waals surface area contributed by atoms with Crippen LogP contribution in [0.3, 0.4) is 0 Å². The molecular weight excluding hydrogens is 477 g/mol. The Balaban J connectivity index is 1.21. The van der Waals surface area contributed by atoms with E-state index >= 15 is 0 Å². The number of H-pyrrole nitrogens is 1. The molecule has 1 N–H and O–H groups in total. The maximum atomic E-state index is 12.6. The molecule has 0 aliphatic carbocycles. The highest BCUT2D eigenvalue weighted by atomic mass is 35.5. The number of aromatic nitrogens is 1. The highest BCUT2D eigenvalue weighted by molar-refractivity contribution is 7.91. The van der Waals surface area contributed by atoms with Gasteiger partial charge in [-0.25, -0.2) is 9.59 Å². The molecule has 0 saturated carbocycles. The maximum absolute atomic E-state index is 12.6. The lowest BCUT2D eigenvalue weighted by atomic mass is 10.2. The van der Waals surface area contributed by atoms with E-state index in [4.69, 9.17) is 32.4 Å². The van der Waals surface area contributed by atoms with E-state index in [1.165, 1.54) is 0 Å². The van der Waals surface area contributed by atoms with Crippen molar-refractivity contribution in [2.24, 2.45) is 0 Å². The predicted molar refractivity (Wildman–Crippen MR) is 123 cm³/mol. The summed E-state index contributed by atoms with van der Waals surface area (Å²) in [7, 11) is 0. The number of carbonyl (C=O) groups excluding carboxylic acids is 1. The molecule has 0 bridgehead atoms. The minimum absolute atomic E-state index is 0.101. The minimum atomic E-state index is -1.22. The first kappa shape index (κ1) is 23.0. The molecule has 1 fully saturated rings. The summed E-state index contributed by atoms with van der Waals surface area (Å²) in [6, 6.07) is 10.1. The van der Waals surface area contributed by atoms with E-state index in [0.717, 1.165) is 5.56 Å². The van der Waals surface area contributed by atoms with Crippen LogP contribution in [0.2, 0.25) is 10.0 Å². The number of fused-ring (bicyclic) bond motifs is 1. The monoisotopic (exact) mass is 497 g/mol. The van der Waals surface area contributed by atoms with Crippen LogP contribution in [0.25, 0.3) is 11.1 Å². The van der Waals surface area contributed by atoms with Crippen LogP contribution >= 0.6 is 23.2 Å². The standard InChI is InChI=1S/C21H21Cl2N3O5S/c22-15-9-14(10-16(23)11-15)13-30-21(28)26-5-3-25(4-6-26)7-8-32(29)17-1-2-18-19(12-17)31-20(27)24-18/h1-2,9-12H,3-8,13H2,(H,24,27). The minimum Gasteiger partial charge on any atom is -0.611 e. The normalized spacial score (nSPS) is 15.8. The van der Waals surface area contributed by atoms with E-state index in [1.54, 1.807) is 41.3 Å². The van der Waals surface area contributed by atoms with E-state index in [-0.39, 0.29) is 12.7 Å². The molecule has 2 heterocycles. The molecule has 1 unspecified atom stereocenters. The molecule has 0 spiro atoms. The van der Waals surface area contributed by atoms with Gasteiger partial charge in [-0.05, 0) is 47.1 Å². The van der Waals surface area contributed by atoms with Crippen molar-refractivity contribution >= 4 is 51.6 Å². The third kappa shape index (κ3) is 5.79. The first-order valence-corrected chi connectivity index (χ1v) is 12.0. The number of halogens is 2. The zero-order valence-electron chi connectivity index (χ0n) is 17.0. The van der Waals surface area contributed by atoms with Crippen LogP contribution in [0, 0.1) is 0 Å². The van der Waals surface area contributed by atoms with Gasteiger partial charge in [-0.3, -0.25) is 9.88 Å².